The molecular weight excluding hydrogens is 429 g/mol. The van der Waals surface area contributed by atoms with E-state index in [1.807, 2.05) is 30.6 Å². The highest BCUT2D eigenvalue weighted by molar-refractivity contribution is 5.80. The van der Waals surface area contributed by atoms with Crippen LogP contribution in [0.1, 0.15) is 49.8 Å². The summed E-state index contributed by atoms with van der Waals surface area (Å²) in [6.07, 6.45) is 7.27. The predicted molar refractivity (Wildman–Crippen MR) is 130 cm³/mol. The lowest BCUT2D eigenvalue weighted by molar-refractivity contribution is -0.127. The maximum absolute atomic E-state index is 14.2. The number of halogens is 1. The maximum atomic E-state index is 14.2. The van der Waals surface area contributed by atoms with Gasteiger partial charge in [-0.1, -0.05) is 36.4 Å². The number of carbonyl (C=O) groups excluding carboxylic acids is 1. The third-order valence-corrected chi connectivity index (χ3v) is 8.15. The van der Waals surface area contributed by atoms with Crippen LogP contribution in [0.2, 0.25) is 0 Å². The Bertz CT molecular complexity index is 1150. The van der Waals surface area contributed by atoms with E-state index in [1.54, 1.807) is 6.07 Å². The van der Waals surface area contributed by atoms with E-state index < -0.39 is 0 Å². The van der Waals surface area contributed by atoms with E-state index in [4.69, 9.17) is 0 Å². The van der Waals surface area contributed by atoms with Crippen LogP contribution in [0.5, 0.6) is 0 Å². The van der Waals surface area contributed by atoms with Gasteiger partial charge in [-0.15, -0.1) is 0 Å². The zero-order valence-corrected chi connectivity index (χ0v) is 19.4. The van der Waals surface area contributed by atoms with Crippen LogP contribution in [-0.4, -0.2) is 52.1 Å². The van der Waals surface area contributed by atoms with Gasteiger partial charge in [-0.05, 0) is 49.8 Å². The zero-order valence-electron chi connectivity index (χ0n) is 19.4. The average Bonchev–Trinajstić information content (AvgIpc) is 3.34. The van der Waals surface area contributed by atoms with Crippen molar-refractivity contribution in [1.82, 2.24) is 25.1 Å². The van der Waals surface area contributed by atoms with Gasteiger partial charge < -0.3 is 15.2 Å². The first-order valence-electron chi connectivity index (χ1n) is 12.6. The lowest BCUT2D eigenvalue weighted by Crippen LogP contribution is -2.51. The molecule has 3 aliphatic rings. The SMILES string of the molecule is O=C(N[C@@H](CCN1C2CCC1CC(n1cnc3c(F)cccc31)C2)c1ccccc1)C1CNC1. The molecule has 6 nitrogen and oxygen atoms in total. The molecule has 3 aliphatic heterocycles. The van der Waals surface area contributed by atoms with E-state index in [1.165, 1.54) is 24.5 Å². The predicted octanol–water partition coefficient (Wildman–Crippen LogP) is 3.81. The van der Waals surface area contributed by atoms with Gasteiger partial charge in [-0.3, -0.25) is 9.69 Å². The molecule has 3 saturated heterocycles. The summed E-state index contributed by atoms with van der Waals surface area (Å²) < 4.78 is 16.4. The third-order valence-electron chi connectivity index (χ3n) is 8.15. The molecule has 1 aromatic heterocycles. The van der Waals surface area contributed by atoms with E-state index in [0.717, 1.165) is 44.4 Å². The summed E-state index contributed by atoms with van der Waals surface area (Å²) in [4.78, 5) is 19.7. The van der Waals surface area contributed by atoms with Crippen molar-refractivity contribution in [2.75, 3.05) is 19.6 Å². The molecule has 4 heterocycles. The number of nitrogens with one attached hydrogen (secondary N) is 2. The molecule has 3 fully saturated rings. The summed E-state index contributed by atoms with van der Waals surface area (Å²) in [6.45, 7) is 2.53. The van der Waals surface area contributed by atoms with Crippen molar-refractivity contribution in [3.63, 3.8) is 0 Å². The van der Waals surface area contributed by atoms with Gasteiger partial charge in [-0.2, -0.15) is 0 Å². The minimum Gasteiger partial charge on any atom is -0.349 e. The van der Waals surface area contributed by atoms with Crippen LogP contribution < -0.4 is 10.6 Å². The molecule has 2 unspecified atom stereocenters. The first kappa shape index (κ1) is 21.7. The van der Waals surface area contributed by atoms with Crippen molar-refractivity contribution in [1.29, 1.82) is 0 Å². The van der Waals surface area contributed by atoms with Crippen LogP contribution in [-0.2, 0) is 4.79 Å². The smallest absolute Gasteiger partial charge is 0.226 e. The van der Waals surface area contributed by atoms with Crippen molar-refractivity contribution >= 4 is 16.9 Å². The summed E-state index contributed by atoms with van der Waals surface area (Å²) in [6, 6.07) is 17.0. The second kappa shape index (κ2) is 9.12. The number of imidazole rings is 1. The summed E-state index contributed by atoms with van der Waals surface area (Å²) in [5.41, 5.74) is 2.55. The second-order valence-electron chi connectivity index (χ2n) is 10.1. The Kier molecular flexibility index (Phi) is 5.83. The molecule has 1 amide bonds. The molecule has 34 heavy (non-hydrogen) atoms. The standard InChI is InChI=1S/C27H32FN5O/c28-23-7-4-8-25-26(23)30-17-33(25)22-13-20-9-10-21(14-22)32(20)12-11-24(18-5-2-1-3-6-18)31-27(34)19-15-29-16-19/h1-8,17,19-22,24,29H,9-16H2,(H,31,34)/t20?,21?,22?,24-/m0/s1. The molecule has 0 radical (unpaired) electrons. The highest BCUT2D eigenvalue weighted by Crippen LogP contribution is 2.42. The van der Waals surface area contributed by atoms with Crippen LogP contribution in [0.15, 0.2) is 54.9 Å². The molecule has 3 aromatic rings. The van der Waals surface area contributed by atoms with Gasteiger partial charge in [0.1, 0.15) is 5.52 Å². The molecule has 0 saturated carbocycles. The number of hydrogen-bond acceptors (Lipinski definition) is 4. The van der Waals surface area contributed by atoms with Crippen LogP contribution in [0, 0.1) is 11.7 Å². The number of benzene rings is 2. The summed E-state index contributed by atoms with van der Waals surface area (Å²) in [7, 11) is 0. The van der Waals surface area contributed by atoms with Gasteiger partial charge in [0.15, 0.2) is 5.82 Å². The minimum absolute atomic E-state index is 0.0343. The molecule has 0 aliphatic carbocycles. The Balaban J connectivity index is 1.14. The molecule has 2 aromatic carbocycles. The van der Waals surface area contributed by atoms with E-state index in [9.17, 15) is 9.18 Å². The first-order valence-corrected chi connectivity index (χ1v) is 12.6. The quantitative estimate of drug-likeness (QED) is 0.562. The largest absolute Gasteiger partial charge is 0.349 e. The molecule has 0 spiro atoms. The molecule has 178 valence electrons. The summed E-state index contributed by atoms with van der Waals surface area (Å²) >= 11 is 0. The van der Waals surface area contributed by atoms with Gasteiger partial charge in [0.2, 0.25) is 5.91 Å². The van der Waals surface area contributed by atoms with E-state index >= 15 is 0 Å². The van der Waals surface area contributed by atoms with Crippen LogP contribution >= 0.6 is 0 Å². The van der Waals surface area contributed by atoms with Crippen LogP contribution in [0.4, 0.5) is 4.39 Å². The highest BCUT2D eigenvalue weighted by atomic mass is 19.1. The fraction of sp³-hybridized carbons (Fsp3) is 0.481. The van der Waals surface area contributed by atoms with Crippen LogP contribution in [0.3, 0.4) is 0 Å². The highest BCUT2D eigenvalue weighted by Gasteiger charge is 2.41. The Morgan fingerprint density at radius 3 is 2.53 bits per heavy atom. The van der Waals surface area contributed by atoms with Crippen molar-refractivity contribution in [3.05, 3.63) is 66.2 Å². The molecule has 3 atom stereocenters. The van der Waals surface area contributed by atoms with Crippen molar-refractivity contribution in [2.45, 2.75) is 56.3 Å². The van der Waals surface area contributed by atoms with Gasteiger partial charge in [-0.25, -0.2) is 9.37 Å². The number of aromatic nitrogens is 2. The number of amides is 1. The molecule has 2 bridgehead atoms. The molecule has 7 heteroatoms. The molecule has 2 N–H and O–H groups in total. The monoisotopic (exact) mass is 461 g/mol. The Morgan fingerprint density at radius 2 is 1.82 bits per heavy atom. The number of nitrogens with zero attached hydrogens (tertiary/aromatic N) is 3. The maximum Gasteiger partial charge on any atom is 0.226 e. The lowest BCUT2D eigenvalue weighted by Gasteiger charge is -2.40. The fourth-order valence-corrected chi connectivity index (χ4v) is 6.20. The fourth-order valence-electron chi connectivity index (χ4n) is 6.20. The molecular formula is C27H32FN5O. The number of fused-ring (bicyclic) bond motifs is 3. The van der Waals surface area contributed by atoms with E-state index in [0.29, 0.717) is 23.6 Å². The summed E-state index contributed by atoms with van der Waals surface area (Å²) in [5.74, 6) is 0.00446. The number of para-hydroxylation sites is 1. The Hall–Kier alpha value is -2.77. The lowest BCUT2D eigenvalue weighted by atomic mass is 9.95. The normalized spacial score (nSPS) is 25.9. The van der Waals surface area contributed by atoms with Gasteiger partial charge in [0.05, 0.1) is 23.8 Å². The number of hydrogen-bond donors (Lipinski definition) is 2. The Labute approximate surface area is 199 Å². The summed E-state index contributed by atoms with van der Waals surface area (Å²) in [5, 5.41) is 6.52. The van der Waals surface area contributed by atoms with Crippen molar-refractivity contribution in [2.24, 2.45) is 5.92 Å². The minimum atomic E-state index is -0.247. The topological polar surface area (TPSA) is 62.2 Å². The zero-order chi connectivity index (χ0) is 23.1. The van der Waals surface area contributed by atoms with E-state index in [-0.39, 0.29) is 23.7 Å². The van der Waals surface area contributed by atoms with Crippen molar-refractivity contribution in [3.8, 4) is 0 Å². The average molecular weight is 462 g/mol. The number of piperidine rings is 1. The van der Waals surface area contributed by atoms with Gasteiger partial charge >= 0.3 is 0 Å². The van der Waals surface area contributed by atoms with Gasteiger partial charge in [0, 0.05) is 37.8 Å². The molecule has 6 rings (SSSR count). The third kappa shape index (κ3) is 4.01. The first-order chi connectivity index (χ1) is 16.7. The second-order valence-corrected chi connectivity index (χ2v) is 10.1. The number of rotatable bonds is 7. The number of carbonyl (C=O) groups is 1. The van der Waals surface area contributed by atoms with Crippen molar-refractivity contribution < 1.29 is 9.18 Å². The van der Waals surface area contributed by atoms with Crippen LogP contribution in [0.25, 0.3) is 11.0 Å². The Morgan fingerprint density at radius 1 is 1.06 bits per heavy atom. The van der Waals surface area contributed by atoms with Gasteiger partial charge in [0.25, 0.3) is 0 Å². The van der Waals surface area contributed by atoms with E-state index in [2.05, 4.69) is 37.2 Å².